The summed E-state index contributed by atoms with van der Waals surface area (Å²) in [5.41, 5.74) is 0. The fourth-order valence-electron chi connectivity index (χ4n) is 6.67. The van der Waals surface area contributed by atoms with Gasteiger partial charge in [-0.3, -0.25) is 0 Å². The molecular formula is C70H130. The van der Waals surface area contributed by atoms with Crippen LogP contribution in [0, 0.1) is 11.8 Å². The molecule has 0 amide bonds. The van der Waals surface area contributed by atoms with Crippen molar-refractivity contribution < 1.29 is 0 Å². The summed E-state index contributed by atoms with van der Waals surface area (Å²) in [6.45, 7) is 44.2. The van der Waals surface area contributed by atoms with Crippen LogP contribution in [0.15, 0.2) is 158 Å². The molecule has 3 saturated carbocycles. The van der Waals surface area contributed by atoms with Gasteiger partial charge < -0.3 is 0 Å². The zero-order valence-corrected chi connectivity index (χ0v) is 51.9. The van der Waals surface area contributed by atoms with Crippen LogP contribution in [0.1, 0.15) is 268 Å². The van der Waals surface area contributed by atoms with E-state index in [4.69, 9.17) is 0 Å². The lowest BCUT2D eigenvalue weighted by Gasteiger charge is -2.28. The number of benzene rings is 5. The lowest BCUT2D eigenvalue weighted by Crippen LogP contribution is -2.14. The van der Waals surface area contributed by atoms with E-state index >= 15 is 0 Å². The van der Waals surface area contributed by atoms with E-state index in [-0.39, 0.29) is 0 Å². The third-order valence-electron chi connectivity index (χ3n) is 9.27. The first kappa shape index (κ1) is 86.2. The van der Waals surface area contributed by atoms with E-state index in [0.29, 0.717) is 0 Å². The highest BCUT2D eigenvalue weighted by atomic mass is 14.3. The molecule has 0 N–H and O–H groups in total. The van der Waals surface area contributed by atoms with Crippen LogP contribution in [0.3, 0.4) is 0 Å². The molecule has 3 aliphatic carbocycles. The number of fused-ring (bicyclic) bond motifs is 1. The van der Waals surface area contributed by atoms with Crippen molar-refractivity contribution in [2.45, 2.75) is 268 Å². The highest BCUT2D eigenvalue weighted by molar-refractivity contribution is 5.82. The van der Waals surface area contributed by atoms with Gasteiger partial charge in [0.1, 0.15) is 0 Å². The van der Waals surface area contributed by atoms with E-state index in [1.54, 1.807) is 32.1 Å². The van der Waals surface area contributed by atoms with Crippen molar-refractivity contribution in [3.8, 4) is 0 Å². The Hall–Kier alpha value is -3.64. The summed E-state index contributed by atoms with van der Waals surface area (Å²) in [4.78, 5) is 0. The maximum Gasteiger partial charge on any atom is -0.0184 e. The molecule has 3 aliphatic rings. The second kappa shape index (κ2) is 98.8. The minimum Gasteiger partial charge on any atom is -0.0683 e. The number of rotatable bonds is 2. The first-order valence-corrected chi connectivity index (χ1v) is 30.3. The molecule has 5 aromatic rings. The first-order valence-electron chi connectivity index (χ1n) is 30.3. The summed E-state index contributed by atoms with van der Waals surface area (Å²) in [5, 5.41) is 2.62. The van der Waals surface area contributed by atoms with Gasteiger partial charge in [0.15, 0.2) is 0 Å². The van der Waals surface area contributed by atoms with Crippen LogP contribution in [0.5, 0.6) is 0 Å². The number of hydrogen-bond donors (Lipinski definition) is 0. The topological polar surface area (TPSA) is 0 Å². The van der Waals surface area contributed by atoms with Crippen molar-refractivity contribution in [2.75, 3.05) is 0 Å². The molecule has 0 heterocycles. The predicted octanol–water partition coefficient (Wildman–Crippen LogP) is 26.5. The molecule has 3 fully saturated rings. The average Bonchev–Trinajstić information content (AvgIpc) is 3.51. The second-order valence-corrected chi connectivity index (χ2v) is 13.9. The number of hydrogen-bond acceptors (Lipinski definition) is 0. The Kier molecular flexibility index (Phi) is 122. The minimum atomic E-state index is 1.12. The Labute approximate surface area is 446 Å². The molecule has 0 aliphatic heterocycles. The van der Waals surface area contributed by atoms with Crippen molar-refractivity contribution in [1.82, 2.24) is 0 Å². The van der Waals surface area contributed by atoms with Crippen LogP contribution < -0.4 is 0 Å². The van der Waals surface area contributed by atoms with Gasteiger partial charge in [-0.1, -0.05) is 419 Å². The monoisotopic (exact) mass is 971 g/mol. The maximum absolute atomic E-state index is 2.12. The summed E-state index contributed by atoms with van der Waals surface area (Å²) in [5.74, 6) is 2.24. The molecule has 0 nitrogen and oxygen atoms in total. The van der Waals surface area contributed by atoms with Crippen molar-refractivity contribution in [3.63, 3.8) is 0 Å². The summed E-state index contributed by atoms with van der Waals surface area (Å²) < 4.78 is 0. The second-order valence-electron chi connectivity index (χ2n) is 13.9. The third kappa shape index (κ3) is 75.9. The van der Waals surface area contributed by atoms with Gasteiger partial charge in [-0.2, -0.15) is 0 Å². The summed E-state index contributed by atoms with van der Waals surface area (Å²) in [6.07, 6.45) is 27.2. The quantitative estimate of drug-likeness (QED) is 0.165. The van der Waals surface area contributed by atoms with Crippen LogP contribution in [-0.2, 0) is 0 Å². The van der Waals surface area contributed by atoms with Crippen molar-refractivity contribution in [1.29, 1.82) is 0 Å². The largest absolute Gasteiger partial charge is 0.0683 e. The zero-order valence-electron chi connectivity index (χ0n) is 51.9. The fraction of sp³-hybridized carbons (Fsp3) is 0.600. The maximum atomic E-state index is 2.12. The molecule has 8 rings (SSSR count). The van der Waals surface area contributed by atoms with Gasteiger partial charge in [-0.05, 0) is 29.0 Å². The molecule has 0 aromatic heterocycles. The average molecular weight is 972 g/mol. The van der Waals surface area contributed by atoms with Crippen molar-refractivity contribution in [3.05, 3.63) is 158 Å². The Morgan fingerprint density at radius 2 is 0.357 bits per heavy atom. The van der Waals surface area contributed by atoms with Gasteiger partial charge >= 0.3 is 0 Å². The Bertz CT molecular complexity index is 1070. The molecule has 0 bridgehead atoms. The fourth-order valence-corrected chi connectivity index (χ4v) is 6.67. The van der Waals surface area contributed by atoms with Crippen LogP contribution in [0.4, 0.5) is 0 Å². The first-order chi connectivity index (χ1) is 34.8. The molecule has 5 aromatic carbocycles. The van der Waals surface area contributed by atoms with Gasteiger partial charge in [0.05, 0.1) is 0 Å². The Morgan fingerprint density at radius 1 is 0.229 bits per heavy atom. The molecular weight excluding hydrogens is 841 g/mol. The van der Waals surface area contributed by atoms with Gasteiger partial charge in [0.2, 0.25) is 0 Å². The van der Waals surface area contributed by atoms with E-state index in [2.05, 4.69) is 62.4 Å². The van der Waals surface area contributed by atoms with Crippen LogP contribution in [0.2, 0.25) is 0 Å². The van der Waals surface area contributed by atoms with E-state index in [1.807, 2.05) is 248 Å². The van der Waals surface area contributed by atoms with E-state index < -0.39 is 0 Å². The van der Waals surface area contributed by atoms with Crippen LogP contribution in [-0.4, -0.2) is 0 Å². The molecule has 0 unspecified atom stereocenters. The SMILES string of the molecule is C1CCC(CC2CCCCC2)CC1.C1CCCCC1.CC.CC.CC.CC.CC.CC.CC.CC.CC.CC.CCC.c1ccc2ccccc2c1.c1ccccc1.c1ccccc1.c1ccccc1. The van der Waals surface area contributed by atoms with E-state index in [9.17, 15) is 0 Å². The highest BCUT2D eigenvalue weighted by Gasteiger charge is 2.20. The summed E-state index contributed by atoms with van der Waals surface area (Å²) >= 11 is 0. The van der Waals surface area contributed by atoms with Gasteiger partial charge in [-0.25, -0.2) is 0 Å². The standard InChI is InChI=1S/C13H24.C10H8.C6H12.3C6H6.C3H8.10C2H6/c1-3-7-12(8-4-1)11-13-9-5-2-6-10-13;1-2-6-10-8-4-3-7-9(10)5-1;4*1-2-4-6-5-3-1;1-3-2;10*1-2/h12-13H,1-11H2;1-8H;1-6H2;3*1-6H;3H2,1-2H3;10*1-2H3. The normalized spacial score (nSPS) is 11.8. The molecule has 0 saturated heterocycles. The zero-order chi connectivity index (χ0) is 55.4. The summed E-state index contributed by atoms with van der Waals surface area (Å²) in [7, 11) is 0. The third-order valence-corrected chi connectivity index (χ3v) is 9.27. The smallest absolute Gasteiger partial charge is 0.0184 e. The molecule has 410 valence electrons. The molecule has 0 spiro atoms. The lowest BCUT2D eigenvalue weighted by molar-refractivity contribution is 0.244. The van der Waals surface area contributed by atoms with E-state index in [1.165, 1.54) is 94.2 Å². The lowest BCUT2D eigenvalue weighted by atomic mass is 9.78. The van der Waals surface area contributed by atoms with Crippen LogP contribution >= 0.6 is 0 Å². The minimum absolute atomic E-state index is 1.12. The van der Waals surface area contributed by atoms with Gasteiger partial charge in [-0.15, -0.1) is 0 Å². The van der Waals surface area contributed by atoms with Gasteiger partial charge in [0.25, 0.3) is 0 Å². The Morgan fingerprint density at radius 3 is 0.500 bits per heavy atom. The predicted molar refractivity (Wildman–Crippen MR) is 338 cm³/mol. The van der Waals surface area contributed by atoms with Crippen molar-refractivity contribution >= 4 is 10.8 Å². The molecule has 0 atom stereocenters. The summed E-state index contributed by atoms with van der Waals surface area (Å²) in [6, 6.07) is 52.7. The Balaban J connectivity index is -0.0000000855. The molecule has 70 heavy (non-hydrogen) atoms. The van der Waals surface area contributed by atoms with E-state index in [0.717, 1.165) is 11.8 Å². The van der Waals surface area contributed by atoms with Crippen LogP contribution in [0.25, 0.3) is 10.8 Å². The molecule has 0 heteroatoms. The highest BCUT2D eigenvalue weighted by Crippen LogP contribution is 2.35. The molecule has 0 radical (unpaired) electrons. The van der Waals surface area contributed by atoms with Gasteiger partial charge in [0, 0.05) is 0 Å². The van der Waals surface area contributed by atoms with Crippen molar-refractivity contribution in [2.24, 2.45) is 11.8 Å².